The smallest absolute Gasteiger partial charge is 0.335 e. The molecule has 1 fully saturated rings. The molecule has 1 aliphatic heterocycles. The van der Waals surface area contributed by atoms with E-state index < -0.39 is 5.97 Å². The van der Waals surface area contributed by atoms with Gasteiger partial charge in [0.2, 0.25) is 0 Å². The highest BCUT2D eigenvalue weighted by molar-refractivity contribution is 7.98. The molecule has 44 heavy (non-hydrogen) atoms. The molecule has 1 saturated heterocycles. The van der Waals surface area contributed by atoms with Crippen molar-refractivity contribution in [2.75, 3.05) is 13.1 Å². The summed E-state index contributed by atoms with van der Waals surface area (Å²) in [6, 6.07) is 13.8. The highest BCUT2D eigenvalue weighted by Crippen LogP contribution is 2.31. The second-order valence-corrected chi connectivity index (χ2v) is 11.6. The van der Waals surface area contributed by atoms with Crippen molar-refractivity contribution in [3.63, 3.8) is 0 Å². The summed E-state index contributed by atoms with van der Waals surface area (Å²) < 4.78 is 20.7. The SMILES string of the molecule is CCn1cncc1Cn1c(CN2CCC(n3nccc3SCc3ccc(C#N)cc3F)CC2)nc2ccc(C(=O)O)cc21.N. The Hall–Kier alpha value is -4.51. The molecule has 0 unspecified atom stereocenters. The van der Waals surface area contributed by atoms with E-state index >= 15 is 0 Å². The van der Waals surface area contributed by atoms with Crippen LogP contribution in [0.4, 0.5) is 4.39 Å². The molecule has 4 heterocycles. The van der Waals surface area contributed by atoms with Gasteiger partial charge in [0.1, 0.15) is 11.6 Å². The molecule has 1 aliphatic rings. The number of hydrogen-bond acceptors (Lipinski definition) is 8. The lowest BCUT2D eigenvalue weighted by atomic mass is 10.1. The molecule has 3 aromatic heterocycles. The normalized spacial score (nSPS) is 14.0. The van der Waals surface area contributed by atoms with Crippen molar-refractivity contribution in [3.8, 4) is 6.07 Å². The number of nitrogens with zero attached hydrogens (tertiary/aromatic N) is 8. The Bertz CT molecular complexity index is 1810. The molecule has 6 rings (SSSR count). The van der Waals surface area contributed by atoms with Crippen molar-refractivity contribution in [1.29, 1.82) is 5.26 Å². The van der Waals surface area contributed by atoms with Crippen molar-refractivity contribution in [3.05, 3.63) is 95.2 Å². The van der Waals surface area contributed by atoms with Crippen LogP contribution in [0.15, 0.2) is 66.2 Å². The fraction of sp³-hybridized carbons (Fsp3) is 0.323. The van der Waals surface area contributed by atoms with E-state index in [0.29, 0.717) is 30.0 Å². The number of likely N-dealkylation sites (tertiary alicyclic amines) is 1. The van der Waals surface area contributed by atoms with Gasteiger partial charge in [0, 0.05) is 31.6 Å². The number of carboxylic acids is 1. The van der Waals surface area contributed by atoms with Gasteiger partial charge in [-0.15, -0.1) is 11.8 Å². The number of halogens is 1. The Morgan fingerprint density at radius 1 is 1.16 bits per heavy atom. The zero-order chi connectivity index (χ0) is 29.9. The summed E-state index contributed by atoms with van der Waals surface area (Å²) in [5, 5.41) is 24.2. The van der Waals surface area contributed by atoms with Gasteiger partial charge in [0.15, 0.2) is 0 Å². The first-order chi connectivity index (χ1) is 20.9. The van der Waals surface area contributed by atoms with Gasteiger partial charge >= 0.3 is 5.97 Å². The van der Waals surface area contributed by atoms with Gasteiger partial charge in [-0.3, -0.25) is 9.58 Å². The summed E-state index contributed by atoms with van der Waals surface area (Å²) in [5.74, 6) is 0.0173. The maximum absolute atomic E-state index is 14.4. The van der Waals surface area contributed by atoms with Crippen LogP contribution in [0.5, 0.6) is 0 Å². The number of carbonyl (C=O) groups is 1. The molecule has 2 aromatic carbocycles. The molecular formula is C31H34FN9O2S. The first-order valence-corrected chi connectivity index (χ1v) is 15.2. The third kappa shape index (κ3) is 6.37. The van der Waals surface area contributed by atoms with E-state index in [1.165, 1.54) is 6.07 Å². The van der Waals surface area contributed by atoms with E-state index in [2.05, 4.69) is 35.7 Å². The minimum Gasteiger partial charge on any atom is -0.478 e. The number of carboxylic acid groups (broad SMARTS) is 1. The van der Waals surface area contributed by atoms with Crippen LogP contribution >= 0.6 is 11.8 Å². The summed E-state index contributed by atoms with van der Waals surface area (Å²) >= 11 is 1.55. The van der Waals surface area contributed by atoms with E-state index in [4.69, 9.17) is 10.2 Å². The molecule has 4 N–H and O–H groups in total. The molecule has 0 saturated carbocycles. The molecule has 11 nitrogen and oxygen atoms in total. The highest BCUT2D eigenvalue weighted by Gasteiger charge is 2.25. The number of aromatic carboxylic acids is 1. The van der Waals surface area contributed by atoms with Crippen molar-refractivity contribution in [2.24, 2.45) is 0 Å². The standard InChI is InChI=1S/C31H31FN8O2S.H3N/c1-2-38-20-34-16-25(38)17-39-28-14-22(31(41)42)5-6-27(28)36-29(39)18-37-11-8-24(9-12-37)40-30(7-10-35-40)43-19-23-4-3-21(15-33)13-26(23)32;/h3-7,10,13-14,16,20,24H,2,8-9,11-12,17-19H2,1H3,(H,41,42);1H3. The van der Waals surface area contributed by atoms with Crippen molar-refractivity contribution in [1.82, 2.24) is 39.9 Å². The second-order valence-electron chi connectivity index (χ2n) is 10.6. The van der Waals surface area contributed by atoms with Gasteiger partial charge in [-0.1, -0.05) is 6.07 Å². The van der Waals surface area contributed by atoms with Gasteiger partial charge in [0.05, 0.1) is 70.6 Å². The lowest BCUT2D eigenvalue weighted by Gasteiger charge is -2.32. The summed E-state index contributed by atoms with van der Waals surface area (Å²) in [6.07, 6.45) is 7.27. The number of hydrogen-bond donors (Lipinski definition) is 2. The third-order valence-corrected chi connectivity index (χ3v) is 9.07. The predicted molar refractivity (Wildman–Crippen MR) is 165 cm³/mol. The van der Waals surface area contributed by atoms with Crippen LogP contribution in [0.2, 0.25) is 0 Å². The molecule has 0 amide bonds. The summed E-state index contributed by atoms with van der Waals surface area (Å²) in [4.78, 5) is 23.3. The molecule has 0 radical (unpaired) electrons. The zero-order valence-electron chi connectivity index (χ0n) is 24.4. The van der Waals surface area contributed by atoms with Crippen LogP contribution in [-0.2, 0) is 25.4 Å². The Morgan fingerprint density at radius 3 is 2.70 bits per heavy atom. The Balaban J connectivity index is 0.00000384. The number of thioether (sulfide) groups is 1. The number of aromatic nitrogens is 6. The Kier molecular flexibility index (Phi) is 9.43. The fourth-order valence-electron chi connectivity index (χ4n) is 5.63. The van der Waals surface area contributed by atoms with Crippen LogP contribution in [0.3, 0.4) is 0 Å². The van der Waals surface area contributed by atoms with Gasteiger partial charge in [-0.05, 0) is 61.7 Å². The van der Waals surface area contributed by atoms with Crippen molar-refractivity contribution >= 4 is 28.8 Å². The van der Waals surface area contributed by atoms with Gasteiger partial charge < -0.3 is 20.4 Å². The molecule has 228 valence electrons. The highest BCUT2D eigenvalue weighted by atomic mass is 32.2. The molecule has 0 aliphatic carbocycles. The Morgan fingerprint density at radius 2 is 1.98 bits per heavy atom. The van der Waals surface area contributed by atoms with Crippen LogP contribution in [0.1, 0.15) is 58.8 Å². The summed E-state index contributed by atoms with van der Waals surface area (Å²) in [6.45, 7) is 5.77. The van der Waals surface area contributed by atoms with E-state index in [0.717, 1.165) is 60.1 Å². The van der Waals surface area contributed by atoms with Crippen LogP contribution in [-0.4, -0.2) is 57.9 Å². The minimum absolute atomic E-state index is 0. The number of imidazole rings is 2. The third-order valence-electron chi connectivity index (χ3n) is 7.99. The Labute approximate surface area is 258 Å². The monoisotopic (exact) mass is 615 g/mol. The number of rotatable bonds is 10. The fourth-order valence-corrected chi connectivity index (χ4v) is 6.65. The molecule has 13 heteroatoms. The quantitative estimate of drug-likeness (QED) is 0.194. The minimum atomic E-state index is -0.963. The van der Waals surface area contributed by atoms with E-state index in [9.17, 15) is 14.3 Å². The molecule has 0 atom stereocenters. The van der Waals surface area contributed by atoms with Crippen LogP contribution in [0, 0.1) is 17.1 Å². The molecule has 0 spiro atoms. The topological polar surface area (TPSA) is 153 Å². The van der Waals surface area contributed by atoms with E-state index in [-0.39, 0.29) is 23.6 Å². The first kappa shape index (κ1) is 30.9. The lowest BCUT2D eigenvalue weighted by Crippen LogP contribution is -2.35. The molecule has 5 aromatic rings. The molecule has 0 bridgehead atoms. The van der Waals surface area contributed by atoms with Gasteiger partial charge in [-0.25, -0.2) is 19.2 Å². The number of nitriles is 1. The number of benzene rings is 2. The number of aryl methyl sites for hydroxylation is 1. The summed E-state index contributed by atoms with van der Waals surface area (Å²) in [5.41, 5.74) is 3.72. The lowest BCUT2D eigenvalue weighted by molar-refractivity contribution is 0.0697. The van der Waals surface area contributed by atoms with Crippen LogP contribution < -0.4 is 6.15 Å². The number of fused-ring (bicyclic) bond motifs is 1. The van der Waals surface area contributed by atoms with E-state index in [1.807, 2.05) is 24.7 Å². The van der Waals surface area contributed by atoms with Gasteiger partial charge in [-0.2, -0.15) is 10.4 Å². The first-order valence-electron chi connectivity index (χ1n) is 14.2. The van der Waals surface area contributed by atoms with E-state index in [1.54, 1.807) is 48.3 Å². The van der Waals surface area contributed by atoms with Crippen molar-refractivity contribution in [2.45, 2.75) is 56.2 Å². The second kappa shape index (κ2) is 13.4. The predicted octanol–water partition coefficient (Wildman–Crippen LogP) is 5.50. The number of piperidine rings is 1. The van der Waals surface area contributed by atoms with Gasteiger partial charge in [0.25, 0.3) is 0 Å². The average molecular weight is 616 g/mol. The average Bonchev–Trinajstić information content (AvgIpc) is 3.76. The zero-order valence-corrected chi connectivity index (χ0v) is 25.3. The van der Waals surface area contributed by atoms with Crippen LogP contribution in [0.25, 0.3) is 11.0 Å². The summed E-state index contributed by atoms with van der Waals surface area (Å²) in [7, 11) is 0. The van der Waals surface area contributed by atoms with Crippen molar-refractivity contribution < 1.29 is 14.3 Å². The largest absolute Gasteiger partial charge is 0.478 e. The maximum Gasteiger partial charge on any atom is 0.335 e. The maximum atomic E-state index is 14.4. The molecular weight excluding hydrogens is 581 g/mol.